The molecule has 2 N–H and O–H groups in total. The summed E-state index contributed by atoms with van der Waals surface area (Å²) in [5.74, 6) is 2.02. The summed E-state index contributed by atoms with van der Waals surface area (Å²) in [7, 11) is 0. The van der Waals surface area contributed by atoms with Gasteiger partial charge in [-0.2, -0.15) is 0 Å². The van der Waals surface area contributed by atoms with Crippen molar-refractivity contribution in [2.24, 2.45) is 5.92 Å². The number of nitrogens with one attached hydrogen (secondary N) is 1. The molecule has 1 aromatic rings. The summed E-state index contributed by atoms with van der Waals surface area (Å²) >= 11 is 0. The van der Waals surface area contributed by atoms with Crippen LogP contribution in [0.2, 0.25) is 0 Å². The maximum atomic E-state index is 9.47. The molecule has 1 fully saturated rings. The zero-order valence-corrected chi connectivity index (χ0v) is 11.7. The van der Waals surface area contributed by atoms with Gasteiger partial charge in [-0.25, -0.2) is 9.97 Å². The highest BCUT2D eigenvalue weighted by Gasteiger charge is 2.19. The number of aliphatic hydroxyl groups is 1. The van der Waals surface area contributed by atoms with Crippen LogP contribution >= 0.6 is 0 Å². The molecule has 0 atom stereocenters. The Labute approximate surface area is 114 Å². The van der Waals surface area contributed by atoms with Crippen LogP contribution in [0.4, 0.5) is 5.82 Å². The van der Waals surface area contributed by atoms with Crippen LogP contribution in [-0.4, -0.2) is 33.8 Å². The van der Waals surface area contributed by atoms with Gasteiger partial charge in [-0.3, -0.25) is 0 Å². The summed E-state index contributed by atoms with van der Waals surface area (Å²) in [4.78, 5) is 8.27. The first-order valence-corrected chi connectivity index (χ1v) is 7.04. The van der Waals surface area contributed by atoms with Crippen molar-refractivity contribution in [2.75, 3.05) is 11.9 Å². The van der Waals surface area contributed by atoms with Crippen molar-refractivity contribution in [3.05, 3.63) is 12.4 Å². The minimum Gasteiger partial charge on any atom is -0.475 e. The van der Waals surface area contributed by atoms with E-state index in [0.717, 1.165) is 38.0 Å². The molecular formula is C14H23N3O2. The predicted molar refractivity (Wildman–Crippen MR) is 74.3 cm³/mol. The molecule has 106 valence electrons. The van der Waals surface area contributed by atoms with Crippen molar-refractivity contribution in [3.63, 3.8) is 0 Å². The molecule has 0 aromatic carbocycles. The zero-order chi connectivity index (χ0) is 13.7. The number of ether oxygens (including phenoxy) is 1. The maximum absolute atomic E-state index is 9.47. The smallest absolute Gasteiger partial charge is 0.218 e. The molecule has 1 aliphatic carbocycles. The second kappa shape index (κ2) is 6.70. The summed E-state index contributed by atoms with van der Waals surface area (Å²) < 4.78 is 5.54. The van der Waals surface area contributed by atoms with E-state index in [2.05, 4.69) is 15.3 Å². The summed E-state index contributed by atoms with van der Waals surface area (Å²) in [5, 5.41) is 12.8. The average Bonchev–Trinajstić information content (AvgIpc) is 2.38. The molecule has 0 radical (unpaired) electrons. The summed E-state index contributed by atoms with van der Waals surface area (Å²) in [5.41, 5.74) is 0. The van der Waals surface area contributed by atoms with E-state index in [0.29, 0.717) is 11.8 Å². The fraction of sp³-hybridized carbons (Fsp3) is 0.714. The van der Waals surface area contributed by atoms with Gasteiger partial charge in [0.05, 0.1) is 12.2 Å². The minimum atomic E-state index is -0.0960. The SMILES string of the molecule is CC(C)Oc1cc(NCC2CCC(O)CC2)ncn1. The van der Waals surface area contributed by atoms with Crippen molar-refractivity contribution in [1.29, 1.82) is 0 Å². The molecular weight excluding hydrogens is 242 g/mol. The van der Waals surface area contributed by atoms with Gasteiger partial charge in [0, 0.05) is 12.6 Å². The Kier molecular flexibility index (Phi) is 4.96. The molecule has 1 saturated carbocycles. The van der Waals surface area contributed by atoms with E-state index in [9.17, 15) is 5.11 Å². The first kappa shape index (κ1) is 14.1. The lowest BCUT2D eigenvalue weighted by Crippen LogP contribution is -2.23. The maximum Gasteiger partial charge on any atom is 0.218 e. The third kappa shape index (κ3) is 4.67. The van der Waals surface area contributed by atoms with Gasteiger partial charge in [-0.05, 0) is 45.4 Å². The molecule has 5 heteroatoms. The molecule has 5 nitrogen and oxygen atoms in total. The molecule has 0 spiro atoms. The number of nitrogens with zero attached hydrogens (tertiary/aromatic N) is 2. The highest BCUT2D eigenvalue weighted by atomic mass is 16.5. The number of hydrogen-bond donors (Lipinski definition) is 2. The number of hydrogen-bond acceptors (Lipinski definition) is 5. The van der Waals surface area contributed by atoms with E-state index >= 15 is 0 Å². The third-order valence-electron chi connectivity index (χ3n) is 3.39. The van der Waals surface area contributed by atoms with Gasteiger partial charge < -0.3 is 15.2 Å². The van der Waals surface area contributed by atoms with E-state index in [4.69, 9.17) is 4.74 Å². The number of aromatic nitrogens is 2. The van der Waals surface area contributed by atoms with Gasteiger partial charge in [0.2, 0.25) is 5.88 Å². The fourth-order valence-electron chi connectivity index (χ4n) is 2.34. The van der Waals surface area contributed by atoms with Gasteiger partial charge in [-0.15, -0.1) is 0 Å². The normalized spacial score (nSPS) is 23.4. The first-order valence-electron chi connectivity index (χ1n) is 7.04. The quantitative estimate of drug-likeness (QED) is 0.854. The molecule has 1 aliphatic rings. The van der Waals surface area contributed by atoms with E-state index in [1.807, 2.05) is 19.9 Å². The monoisotopic (exact) mass is 265 g/mol. The standard InChI is InChI=1S/C14H23N3O2/c1-10(2)19-14-7-13(16-9-17-14)15-8-11-3-5-12(18)6-4-11/h7,9-12,18H,3-6,8H2,1-2H3,(H,15,16,17). The Morgan fingerprint density at radius 3 is 2.74 bits per heavy atom. The summed E-state index contributed by atoms with van der Waals surface area (Å²) in [6.45, 7) is 4.84. The van der Waals surface area contributed by atoms with Crippen LogP contribution < -0.4 is 10.1 Å². The van der Waals surface area contributed by atoms with Crippen LogP contribution in [0, 0.1) is 5.92 Å². The second-order valence-electron chi connectivity index (χ2n) is 5.46. The van der Waals surface area contributed by atoms with Crippen LogP contribution in [0.3, 0.4) is 0 Å². The molecule has 2 rings (SSSR count). The van der Waals surface area contributed by atoms with Gasteiger partial charge >= 0.3 is 0 Å². The van der Waals surface area contributed by atoms with Crippen LogP contribution in [0.1, 0.15) is 39.5 Å². The Hall–Kier alpha value is -1.36. The van der Waals surface area contributed by atoms with Crippen molar-refractivity contribution >= 4 is 5.82 Å². The topological polar surface area (TPSA) is 67.3 Å². The number of anilines is 1. The summed E-state index contributed by atoms with van der Waals surface area (Å²) in [6, 6.07) is 1.83. The molecule has 0 unspecified atom stereocenters. The van der Waals surface area contributed by atoms with Crippen molar-refractivity contribution in [2.45, 2.75) is 51.7 Å². The van der Waals surface area contributed by atoms with Gasteiger partial charge in [0.25, 0.3) is 0 Å². The number of rotatable bonds is 5. The van der Waals surface area contributed by atoms with Crippen LogP contribution in [-0.2, 0) is 0 Å². The predicted octanol–water partition coefficient (Wildman–Crippen LogP) is 2.23. The Morgan fingerprint density at radius 1 is 1.32 bits per heavy atom. The van der Waals surface area contributed by atoms with E-state index in [1.54, 1.807) is 0 Å². The largest absolute Gasteiger partial charge is 0.475 e. The molecule has 0 bridgehead atoms. The second-order valence-corrected chi connectivity index (χ2v) is 5.46. The van der Waals surface area contributed by atoms with Crippen LogP contribution in [0.5, 0.6) is 5.88 Å². The molecule has 1 aromatic heterocycles. The first-order chi connectivity index (χ1) is 9.13. The summed E-state index contributed by atoms with van der Waals surface area (Å²) in [6.07, 6.45) is 5.52. The lowest BCUT2D eigenvalue weighted by molar-refractivity contribution is 0.111. The third-order valence-corrected chi connectivity index (χ3v) is 3.39. The minimum absolute atomic E-state index is 0.0960. The van der Waals surface area contributed by atoms with Gasteiger partial charge in [-0.1, -0.05) is 0 Å². The van der Waals surface area contributed by atoms with Crippen LogP contribution in [0.15, 0.2) is 12.4 Å². The highest BCUT2D eigenvalue weighted by molar-refractivity contribution is 5.37. The van der Waals surface area contributed by atoms with E-state index < -0.39 is 0 Å². The number of aliphatic hydroxyl groups excluding tert-OH is 1. The highest BCUT2D eigenvalue weighted by Crippen LogP contribution is 2.24. The lowest BCUT2D eigenvalue weighted by atomic mass is 9.87. The Balaban J connectivity index is 1.82. The van der Waals surface area contributed by atoms with E-state index in [-0.39, 0.29) is 12.2 Å². The Morgan fingerprint density at radius 2 is 2.05 bits per heavy atom. The van der Waals surface area contributed by atoms with Gasteiger partial charge in [0.1, 0.15) is 12.1 Å². The Bertz CT molecular complexity index is 390. The average molecular weight is 265 g/mol. The molecule has 0 amide bonds. The van der Waals surface area contributed by atoms with Crippen molar-refractivity contribution in [1.82, 2.24) is 9.97 Å². The molecule has 1 heterocycles. The van der Waals surface area contributed by atoms with Crippen molar-refractivity contribution in [3.8, 4) is 5.88 Å². The van der Waals surface area contributed by atoms with Gasteiger partial charge in [0.15, 0.2) is 0 Å². The van der Waals surface area contributed by atoms with Crippen LogP contribution in [0.25, 0.3) is 0 Å². The van der Waals surface area contributed by atoms with Crippen molar-refractivity contribution < 1.29 is 9.84 Å². The fourth-order valence-corrected chi connectivity index (χ4v) is 2.34. The zero-order valence-electron chi connectivity index (χ0n) is 11.7. The molecule has 0 aliphatic heterocycles. The molecule has 19 heavy (non-hydrogen) atoms. The van der Waals surface area contributed by atoms with E-state index in [1.165, 1.54) is 6.33 Å². The molecule has 0 saturated heterocycles. The lowest BCUT2D eigenvalue weighted by Gasteiger charge is -2.25.